The van der Waals surface area contributed by atoms with Gasteiger partial charge in [0, 0.05) is 23.8 Å². The highest BCUT2D eigenvalue weighted by molar-refractivity contribution is 7.98. The molecule has 1 heterocycles. The molecule has 1 fully saturated rings. The quantitative estimate of drug-likeness (QED) is 0.519. The third-order valence-corrected chi connectivity index (χ3v) is 3.78. The van der Waals surface area contributed by atoms with Gasteiger partial charge in [0.05, 0.1) is 0 Å². The van der Waals surface area contributed by atoms with Crippen LogP contribution >= 0.6 is 11.8 Å². The molecular formula is C12H21N5S. The van der Waals surface area contributed by atoms with Crippen LogP contribution in [0.3, 0.4) is 0 Å². The predicted molar refractivity (Wildman–Crippen MR) is 77.9 cm³/mol. The maximum atomic E-state index is 5.46. The lowest BCUT2D eigenvalue weighted by atomic mass is 10.2. The first-order valence-electron chi connectivity index (χ1n) is 6.37. The van der Waals surface area contributed by atoms with E-state index in [2.05, 4.69) is 33.9 Å². The Morgan fingerprint density at radius 3 is 2.72 bits per heavy atom. The Labute approximate surface area is 112 Å². The van der Waals surface area contributed by atoms with E-state index in [1.165, 1.54) is 12.8 Å². The van der Waals surface area contributed by atoms with Crippen LogP contribution in [-0.2, 0) is 0 Å². The zero-order chi connectivity index (χ0) is 13.0. The van der Waals surface area contributed by atoms with Crippen molar-refractivity contribution in [1.82, 2.24) is 9.97 Å². The van der Waals surface area contributed by atoms with Crippen LogP contribution in [0.4, 0.5) is 11.6 Å². The summed E-state index contributed by atoms with van der Waals surface area (Å²) in [6, 6.07) is 2.31. The lowest BCUT2D eigenvalue weighted by Crippen LogP contribution is -2.22. The summed E-state index contributed by atoms with van der Waals surface area (Å²) in [6.45, 7) is 2.18. The Kier molecular flexibility index (Phi) is 4.66. The molecule has 2 rings (SSSR count). The van der Waals surface area contributed by atoms with Gasteiger partial charge in [-0.25, -0.2) is 15.8 Å². The molecule has 0 aromatic carbocycles. The van der Waals surface area contributed by atoms with Crippen molar-refractivity contribution < 1.29 is 0 Å². The number of nitrogens with two attached hydrogens (primary N) is 1. The molecule has 0 aliphatic heterocycles. The summed E-state index contributed by atoms with van der Waals surface area (Å²) in [6.07, 6.45) is 5.58. The number of nitrogens with one attached hydrogen (secondary N) is 2. The van der Waals surface area contributed by atoms with Gasteiger partial charge >= 0.3 is 0 Å². The fourth-order valence-electron chi connectivity index (χ4n) is 1.81. The summed E-state index contributed by atoms with van der Waals surface area (Å²) in [5.41, 5.74) is 2.62. The van der Waals surface area contributed by atoms with Crippen molar-refractivity contribution in [2.75, 3.05) is 22.8 Å². The number of nitrogens with zero attached hydrogens (tertiary/aromatic N) is 2. The lowest BCUT2D eigenvalue weighted by Gasteiger charge is -2.17. The van der Waals surface area contributed by atoms with Gasteiger partial charge in [-0.2, -0.15) is 11.8 Å². The molecule has 0 radical (unpaired) electrons. The van der Waals surface area contributed by atoms with E-state index in [0.717, 1.165) is 23.8 Å². The number of thioether (sulfide) groups is 1. The van der Waals surface area contributed by atoms with Crippen LogP contribution in [0.15, 0.2) is 6.07 Å². The molecule has 1 aromatic rings. The number of hydrogen-bond acceptors (Lipinski definition) is 6. The molecule has 4 N–H and O–H groups in total. The molecule has 1 saturated carbocycles. The Morgan fingerprint density at radius 2 is 2.17 bits per heavy atom. The number of hydrazine groups is 1. The Hall–Kier alpha value is -1.01. The number of hydrogen-bond donors (Lipinski definition) is 3. The number of aromatic nitrogens is 2. The van der Waals surface area contributed by atoms with Crippen LogP contribution in [0.2, 0.25) is 0 Å². The summed E-state index contributed by atoms with van der Waals surface area (Å²) < 4.78 is 0. The standard InChI is InChI=1S/C12H21N5S/c1-3-9(7-18-2)14-10-6-11(17-13)16-12(15-10)8-4-5-8/h6,8-9H,3-5,7,13H2,1-2H3,(H2,14,15,16,17). The van der Waals surface area contributed by atoms with Gasteiger partial charge < -0.3 is 10.7 Å². The minimum absolute atomic E-state index is 0.438. The molecule has 1 aliphatic carbocycles. The van der Waals surface area contributed by atoms with E-state index in [4.69, 9.17) is 5.84 Å². The zero-order valence-corrected chi connectivity index (χ0v) is 11.8. The lowest BCUT2D eigenvalue weighted by molar-refractivity contribution is 0.765. The highest BCUT2D eigenvalue weighted by Gasteiger charge is 2.27. The molecule has 1 atom stereocenters. The van der Waals surface area contributed by atoms with Gasteiger partial charge in [0.2, 0.25) is 0 Å². The maximum Gasteiger partial charge on any atom is 0.145 e. The molecule has 0 saturated heterocycles. The minimum Gasteiger partial charge on any atom is -0.366 e. The summed E-state index contributed by atoms with van der Waals surface area (Å²) in [5.74, 6) is 9.53. The average molecular weight is 267 g/mol. The largest absolute Gasteiger partial charge is 0.366 e. The smallest absolute Gasteiger partial charge is 0.145 e. The monoisotopic (exact) mass is 267 g/mol. The Morgan fingerprint density at radius 1 is 1.44 bits per heavy atom. The molecule has 0 amide bonds. The number of nitrogen functional groups attached to an aromatic ring is 1. The first kappa shape index (κ1) is 13.4. The summed E-state index contributed by atoms with van der Waals surface area (Å²) in [4.78, 5) is 8.99. The topological polar surface area (TPSA) is 75.9 Å². The first-order valence-corrected chi connectivity index (χ1v) is 7.77. The summed E-state index contributed by atoms with van der Waals surface area (Å²) >= 11 is 1.84. The molecular weight excluding hydrogens is 246 g/mol. The molecule has 5 nitrogen and oxygen atoms in total. The van der Waals surface area contributed by atoms with E-state index >= 15 is 0 Å². The third kappa shape index (κ3) is 3.49. The molecule has 18 heavy (non-hydrogen) atoms. The van der Waals surface area contributed by atoms with Crippen LogP contribution < -0.4 is 16.6 Å². The summed E-state index contributed by atoms with van der Waals surface area (Å²) in [5, 5.41) is 3.46. The molecule has 1 aromatic heterocycles. The van der Waals surface area contributed by atoms with Crippen molar-refractivity contribution in [2.24, 2.45) is 5.84 Å². The number of rotatable bonds is 7. The van der Waals surface area contributed by atoms with E-state index in [1.54, 1.807) is 0 Å². The van der Waals surface area contributed by atoms with Gasteiger partial charge in [0.15, 0.2) is 0 Å². The van der Waals surface area contributed by atoms with Crippen molar-refractivity contribution in [2.45, 2.75) is 38.1 Å². The van der Waals surface area contributed by atoms with Crippen molar-refractivity contribution in [1.29, 1.82) is 0 Å². The van der Waals surface area contributed by atoms with E-state index in [1.807, 2.05) is 17.8 Å². The second kappa shape index (κ2) is 6.24. The van der Waals surface area contributed by atoms with Crippen LogP contribution in [0.5, 0.6) is 0 Å². The number of anilines is 2. The minimum atomic E-state index is 0.438. The molecule has 0 spiro atoms. The molecule has 100 valence electrons. The molecule has 0 bridgehead atoms. The highest BCUT2D eigenvalue weighted by Crippen LogP contribution is 2.38. The predicted octanol–water partition coefficient (Wildman–Crippen LogP) is 2.19. The maximum absolute atomic E-state index is 5.46. The van der Waals surface area contributed by atoms with Gasteiger partial charge in [-0.05, 0) is 25.5 Å². The van der Waals surface area contributed by atoms with Crippen molar-refractivity contribution in [3.05, 3.63) is 11.9 Å². The fourth-order valence-corrected chi connectivity index (χ4v) is 2.53. The van der Waals surface area contributed by atoms with Crippen LogP contribution in [0.1, 0.15) is 37.9 Å². The zero-order valence-electron chi connectivity index (χ0n) is 10.9. The molecule has 1 unspecified atom stereocenters. The Balaban J connectivity index is 2.12. The molecule has 6 heteroatoms. The second-order valence-electron chi connectivity index (χ2n) is 4.62. The first-order chi connectivity index (χ1) is 8.76. The highest BCUT2D eigenvalue weighted by atomic mass is 32.2. The third-order valence-electron chi connectivity index (χ3n) is 3.05. The average Bonchev–Trinajstić information content (AvgIpc) is 3.22. The van der Waals surface area contributed by atoms with Crippen molar-refractivity contribution >= 4 is 23.4 Å². The van der Waals surface area contributed by atoms with Crippen LogP contribution in [0.25, 0.3) is 0 Å². The van der Waals surface area contributed by atoms with Gasteiger partial charge in [-0.15, -0.1) is 0 Å². The second-order valence-corrected chi connectivity index (χ2v) is 5.53. The van der Waals surface area contributed by atoms with Crippen molar-refractivity contribution in [3.63, 3.8) is 0 Å². The Bertz CT molecular complexity index is 394. The normalized spacial score (nSPS) is 16.4. The van der Waals surface area contributed by atoms with Crippen molar-refractivity contribution in [3.8, 4) is 0 Å². The van der Waals surface area contributed by atoms with E-state index in [0.29, 0.717) is 17.8 Å². The molecule has 1 aliphatic rings. The van der Waals surface area contributed by atoms with Gasteiger partial charge in [0.1, 0.15) is 17.5 Å². The fraction of sp³-hybridized carbons (Fsp3) is 0.667. The van der Waals surface area contributed by atoms with Gasteiger partial charge in [-0.1, -0.05) is 6.92 Å². The van der Waals surface area contributed by atoms with E-state index in [-0.39, 0.29) is 0 Å². The van der Waals surface area contributed by atoms with Crippen LogP contribution in [-0.4, -0.2) is 28.0 Å². The van der Waals surface area contributed by atoms with Crippen LogP contribution in [0, 0.1) is 0 Å². The SMILES string of the molecule is CCC(CSC)Nc1cc(NN)nc(C2CC2)n1. The summed E-state index contributed by atoms with van der Waals surface area (Å²) in [7, 11) is 0. The van der Waals surface area contributed by atoms with E-state index < -0.39 is 0 Å². The van der Waals surface area contributed by atoms with Gasteiger partial charge in [-0.3, -0.25) is 0 Å². The van der Waals surface area contributed by atoms with E-state index in [9.17, 15) is 0 Å². The van der Waals surface area contributed by atoms with Gasteiger partial charge in [0.25, 0.3) is 0 Å².